The predicted molar refractivity (Wildman–Crippen MR) is 65.4 cm³/mol. The largest absolute Gasteiger partial charge is 3.00 e. The quantitative estimate of drug-likeness (QED) is 0.345. The Morgan fingerprint density at radius 1 is 0.722 bits per heavy atom. The van der Waals surface area contributed by atoms with E-state index in [1.165, 1.54) is 0 Å². The summed E-state index contributed by atoms with van der Waals surface area (Å²) in [6.07, 6.45) is -1.25. The van der Waals surface area contributed by atoms with Gasteiger partial charge in [0.2, 0.25) is 0 Å². The molecule has 0 aromatic carbocycles. The first kappa shape index (κ1) is 31.1. The molecule has 0 aliphatic rings. The molecule has 9 heteroatoms. The van der Waals surface area contributed by atoms with Crippen molar-refractivity contribution >= 4 is 25.2 Å². The van der Waals surface area contributed by atoms with Crippen LogP contribution in [0.3, 0.4) is 0 Å². The van der Waals surface area contributed by atoms with Gasteiger partial charge in [0, 0.05) is 0 Å². The smallest absolute Gasteiger partial charge is 0.852 e. The Morgan fingerprint density at radius 3 is 0.722 bits per heavy atom. The molecule has 18 heavy (non-hydrogen) atoms. The van der Waals surface area contributed by atoms with Gasteiger partial charge in [-0.2, -0.15) is 0 Å². The van der Waals surface area contributed by atoms with E-state index in [0.717, 1.165) is 0 Å². The van der Waals surface area contributed by atoms with Gasteiger partial charge in [-0.3, -0.25) is 0 Å². The molecule has 0 atom stereocenters. The second kappa shape index (κ2) is 19.9. The van der Waals surface area contributed by atoms with Crippen molar-refractivity contribution in [2.75, 3.05) is 0 Å². The molecule has 0 aromatic heterocycles. The van der Waals surface area contributed by atoms with E-state index >= 15 is 0 Å². The standard InChI is InChI=1S/3C3H7O.Al.H3O4P/c3*1-3(2)4;;1-5(2,3)4/h3*3H,1-2H3;;(H3,1,2,3,4)/q3*-1;+3;. The Morgan fingerprint density at radius 2 is 0.722 bits per heavy atom. The third-order valence-corrected chi connectivity index (χ3v) is 0. The zero-order chi connectivity index (χ0) is 15.2. The van der Waals surface area contributed by atoms with Crippen LogP contribution >= 0.6 is 7.82 Å². The first-order valence-corrected chi connectivity index (χ1v) is 6.52. The fourth-order valence-electron chi connectivity index (χ4n) is 0. The van der Waals surface area contributed by atoms with Crippen LogP contribution in [-0.4, -0.2) is 50.4 Å². The predicted octanol–water partition coefficient (Wildman–Crippen LogP) is -2.04. The van der Waals surface area contributed by atoms with E-state index in [9.17, 15) is 15.3 Å². The van der Waals surface area contributed by atoms with Crippen molar-refractivity contribution in [3.8, 4) is 0 Å². The first-order valence-electron chi connectivity index (χ1n) is 4.95. The van der Waals surface area contributed by atoms with Crippen molar-refractivity contribution in [1.82, 2.24) is 0 Å². The summed E-state index contributed by atoms with van der Waals surface area (Å²) < 4.78 is 8.88. The summed E-state index contributed by atoms with van der Waals surface area (Å²) >= 11 is 0. The monoisotopic (exact) mass is 302 g/mol. The summed E-state index contributed by atoms with van der Waals surface area (Å²) in [6, 6.07) is 0. The summed E-state index contributed by atoms with van der Waals surface area (Å²) in [5.74, 6) is 0. The van der Waals surface area contributed by atoms with Crippen molar-refractivity contribution in [2.24, 2.45) is 0 Å². The molecule has 3 N–H and O–H groups in total. The SMILES string of the molecule is CC(C)[O-].CC(C)[O-].CC(C)[O-].O=P(O)(O)O.[Al+3]. The van der Waals surface area contributed by atoms with Crippen molar-refractivity contribution in [3.63, 3.8) is 0 Å². The minimum absolute atomic E-state index is 0. The molecule has 0 saturated carbocycles. The van der Waals surface area contributed by atoms with Crippen molar-refractivity contribution in [1.29, 1.82) is 0 Å². The van der Waals surface area contributed by atoms with Crippen LogP contribution in [0.15, 0.2) is 0 Å². The second-order valence-corrected chi connectivity index (χ2v) is 4.69. The third-order valence-electron chi connectivity index (χ3n) is 0. The average molecular weight is 302 g/mol. The zero-order valence-corrected chi connectivity index (χ0v) is 13.8. The summed E-state index contributed by atoms with van der Waals surface area (Å²) in [5, 5.41) is 28.6. The average Bonchev–Trinajstić information content (AvgIpc) is 1.73. The maximum atomic E-state index is 9.53. The number of rotatable bonds is 0. The molecule has 0 aliphatic carbocycles. The van der Waals surface area contributed by atoms with E-state index in [0.29, 0.717) is 0 Å². The molecule has 0 aromatic rings. The Balaban J connectivity index is -0.0000000412. The van der Waals surface area contributed by atoms with Gasteiger partial charge < -0.3 is 30.0 Å². The van der Waals surface area contributed by atoms with Gasteiger partial charge in [0.25, 0.3) is 0 Å². The molecule has 0 rings (SSSR count). The van der Waals surface area contributed by atoms with Crippen LogP contribution in [0, 0.1) is 0 Å². The number of hydrogen-bond acceptors (Lipinski definition) is 4. The van der Waals surface area contributed by atoms with Crippen LogP contribution in [0.2, 0.25) is 0 Å². The molecule has 0 radical (unpaired) electrons. The molecule has 7 nitrogen and oxygen atoms in total. The number of phosphoric acid groups is 1. The Labute approximate surface area is 120 Å². The summed E-state index contributed by atoms with van der Waals surface area (Å²) in [6.45, 7) is 9.67. The zero-order valence-electron chi connectivity index (χ0n) is 11.7. The van der Waals surface area contributed by atoms with Gasteiger partial charge in [0.05, 0.1) is 0 Å². The molecule has 0 saturated heterocycles. The number of hydrogen-bond donors (Lipinski definition) is 3. The minimum atomic E-state index is -4.64. The van der Waals surface area contributed by atoms with Crippen LogP contribution < -0.4 is 15.3 Å². The Bertz CT molecular complexity index is 140. The van der Waals surface area contributed by atoms with E-state index in [1.807, 2.05) is 0 Å². The van der Waals surface area contributed by atoms with E-state index in [2.05, 4.69) is 0 Å². The maximum Gasteiger partial charge on any atom is 3.00 e. The van der Waals surface area contributed by atoms with Gasteiger partial charge in [-0.05, 0) is 0 Å². The normalized spacial score (nSPS) is 9.28. The van der Waals surface area contributed by atoms with Crippen molar-refractivity contribution in [3.05, 3.63) is 0 Å². The maximum absolute atomic E-state index is 9.53. The summed E-state index contributed by atoms with van der Waals surface area (Å²) in [7, 11) is -4.64. The minimum Gasteiger partial charge on any atom is -0.852 e. The molecule has 0 bridgehead atoms. The van der Waals surface area contributed by atoms with Crippen molar-refractivity contribution in [2.45, 2.75) is 59.9 Å². The molecule has 110 valence electrons. The van der Waals surface area contributed by atoms with Gasteiger partial charge in [-0.1, -0.05) is 41.5 Å². The van der Waals surface area contributed by atoms with Crippen LogP contribution in [0.4, 0.5) is 0 Å². The van der Waals surface area contributed by atoms with E-state index in [4.69, 9.17) is 19.2 Å². The van der Waals surface area contributed by atoms with Gasteiger partial charge in [0.15, 0.2) is 0 Å². The molecule has 0 heterocycles. The van der Waals surface area contributed by atoms with Crippen molar-refractivity contribution < 1.29 is 34.6 Å². The molecule has 0 aliphatic heterocycles. The second-order valence-electron chi connectivity index (χ2n) is 3.66. The van der Waals surface area contributed by atoms with E-state index in [-0.39, 0.29) is 17.4 Å². The van der Waals surface area contributed by atoms with Gasteiger partial charge in [0.1, 0.15) is 0 Å². The van der Waals surface area contributed by atoms with Gasteiger partial charge in [-0.15, -0.1) is 18.3 Å². The third kappa shape index (κ3) is 14600. The molecule has 0 spiro atoms. The Hall–Kier alpha value is 0.522. The van der Waals surface area contributed by atoms with E-state index < -0.39 is 26.1 Å². The van der Waals surface area contributed by atoms with Crippen LogP contribution in [-0.2, 0) is 4.57 Å². The molecule has 0 fully saturated rings. The fraction of sp³-hybridized carbons (Fsp3) is 1.00. The van der Waals surface area contributed by atoms with Crippen LogP contribution in [0.1, 0.15) is 41.5 Å². The molecule has 0 amide bonds. The first-order chi connectivity index (χ1) is 7.20. The van der Waals surface area contributed by atoms with Gasteiger partial charge in [-0.25, -0.2) is 4.57 Å². The topological polar surface area (TPSA) is 147 Å². The molecular weight excluding hydrogens is 278 g/mol. The molecule has 0 unspecified atom stereocenters. The Kier molecular flexibility index (Phi) is 34.3. The van der Waals surface area contributed by atoms with Crippen LogP contribution in [0.25, 0.3) is 0 Å². The van der Waals surface area contributed by atoms with E-state index in [1.54, 1.807) is 41.5 Å². The summed E-state index contributed by atoms with van der Waals surface area (Å²) in [5.41, 5.74) is 0. The summed E-state index contributed by atoms with van der Waals surface area (Å²) in [4.78, 5) is 21.6. The van der Waals surface area contributed by atoms with Gasteiger partial charge >= 0.3 is 25.2 Å². The fourth-order valence-corrected chi connectivity index (χ4v) is 0. The molecular formula is C9H24AlO7P. The van der Waals surface area contributed by atoms with Crippen LogP contribution in [0.5, 0.6) is 0 Å².